The molecule has 42 heavy (non-hydrogen) atoms. The minimum absolute atomic E-state index is 0.0361. The molecule has 0 aliphatic carbocycles. The maximum atomic E-state index is 2.51. The molecule has 214 valence electrons. The summed E-state index contributed by atoms with van der Waals surface area (Å²) in [6, 6.07) is 24.3. The second-order valence-electron chi connectivity index (χ2n) is 15.1. The average molecular weight is 551 g/mol. The van der Waals surface area contributed by atoms with E-state index in [9.17, 15) is 0 Å². The van der Waals surface area contributed by atoms with Crippen molar-refractivity contribution in [3.05, 3.63) is 105 Å². The van der Waals surface area contributed by atoms with Crippen LogP contribution in [-0.2, 0) is 10.8 Å². The molecule has 6 aromatic rings. The van der Waals surface area contributed by atoms with Crippen molar-refractivity contribution in [1.82, 2.24) is 0 Å². The van der Waals surface area contributed by atoms with Crippen LogP contribution in [0.2, 0.25) is 0 Å². The molecule has 0 aromatic heterocycles. The quantitative estimate of drug-likeness (QED) is 0.188. The molecule has 0 aliphatic heterocycles. The predicted molar refractivity (Wildman–Crippen MR) is 187 cm³/mol. The highest BCUT2D eigenvalue weighted by Crippen LogP contribution is 2.48. The van der Waals surface area contributed by atoms with Gasteiger partial charge in [0.25, 0.3) is 0 Å². The van der Waals surface area contributed by atoms with Crippen molar-refractivity contribution >= 4 is 32.3 Å². The molecule has 6 aromatic carbocycles. The number of hydrogen-bond acceptors (Lipinski definition) is 0. The SMILES string of the molecule is Cc1cc(C)c(-c2cc3cc(C(C)(C)C)cc4c(-c5c(C)cc(C)cc5C)cc5cc(C(C)(C)C)cc2c5c34)c(C)c1. The third kappa shape index (κ3) is 4.51. The van der Waals surface area contributed by atoms with Gasteiger partial charge < -0.3 is 0 Å². The van der Waals surface area contributed by atoms with E-state index in [4.69, 9.17) is 0 Å². The Labute approximate surface area is 253 Å². The number of aryl methyl sites for hydroxylation is 6. The van der Waals surface area contributed by atoms with E-state index in [1.807, 2.05) is 0 Å². The standard InChI is InChI=1S/C42H46/c1-23-13-25(3)37(26(4)14-23)33-19-29-17-32(42(10,11)12)22-36-34(38-27(5)15-24(2)16-28(38)6)20-30-18-31(41(7,8)9)21-35(33)39(30)40(29)36/h13-22H,1-12H3. The molecule has 0 fully saturated rings. The summed E-state index contributed by atoms with van der Waals surface area (Å²) in [6.07, 6.45) is 0. The van der Waals surface area contributed by atoms with Crippen molar-refractivity contribution in [3.8, 4) is 22.3 Å². The van der Waals surface area contributed by atoms with Gasteiger partial charge in [0.05, 0.1) is 0 Å². The first-order valence-electron chi connectivity index (χ1n) is 15.5. The van der Waals surface area contributed by atoms with E-state index in [0.29, 0.717) is 0 Å². The fourth-order valence-corrected chi connectivity index (χ4v) is 7.50. The van der Waals surface area contributed by atoms with Crippen LogP contribution in [0.4, 0.5) is 0 Å². The van der Waals surface area contributed by atoms with Crippen molar-refractivity contribution in [3.63, 3.8) is 0 Å². The van der Waals surface area contributed by atoms with Gasteiger partial charge in [-0.3, -0.25) is 0 Å². The second kappa shape index (κ2) is 9.43. The Morgan fingerprint density at radius 3 is 0.976 bits per heavy atom. The Morgan fingerprint density at radius 1 is 0.381 bits per heavy atom. The highest BCUT2D eigenvalue weighted by Gasteiger charge is 2.25. The van der Waals surface area contributed by atoms with Gasteiger partial charge in [-0.15, -0.1) is 0 Å². The Morgan fingerprint density at radius 2 is 0.690 bits per heavy atom. The molecule has 0 atom stereocenters. The van der Waals surface area contributed by atoms with Gasteiger partial charge in [0.1, 0.15) is 0 Å². The zero-order chi connectivity index (χ0) is 30.5. The van der Waals surface area contributed by atoms with E-state index < -0.39 is 0 Å². The summed E-state index contributed by atoms with van der Waals surface area (Å²) in [5.74, 6) is 0. The van der Waals surface area contributed by atoms with Gasteiger partial charge in [-0.25, -0.2) is 0 Å². The summed E-state index contributed by atoms with van der Waals surface area (Å²) in [5, 5.41) is 8.23. The van der Waals surface area contributed by atoms with Crippen LogP contribution in [0, 0.1) is 41.5 Å². The lowest BCUT2D eigenvalue weighted by molar-refractivity contribution is 0.591. The summed E-state index contributed by atoms with van der Waals surface area (Å²) in [6.45, 7) is 27.6. The summed E-state index contributed by atoms with van der Waals surface area (Å²) in [4.78, 5) is 0. The molecule has 0 spiro atoms. The van der Waals surface area contributed by atoms with E-state index in [2.05, 4.69) is 144 Å². The number of rotatable bonds is 2. The highest BCUT2D eigenvalue weighted by molar-refractivity contribution is 6.29. The lowest BCUT2D eigenvalue weighted by Gasteiger charge is -2.27. The monoisotopic (exact) mass is 550 g/mol. The maximum Gasteiger partial charge on any atom is -0.00199 e. The fraction of sp³-hybridized carbons (Fsp3) is 0.333. The van der Waals surface area contributed by atoms with Crippen LogP contribution in [0.1, 0.15) is 86.1 Å². The van der Waals surface area contributed by atoms with Crippen LogP contribution < -0.4 is 0 Å². The van der Waals surface area contributed by atoms with Gasteiger partial charge >= 0.3 is 0 Å². The molecule has 0 bridgehead atoms. The molecule has 0 saturated heterocycles. The van der Waals surface area contributed by atoms with Crippen LogP contribution in [0.25, 0.3) is 54.6 Å². The third-order valence-electron chi connectivity index (χ3n) is 9.39. The topological polar surface area (TPSA) is 0 Å². The van der Waals surface area contributed by atoms with Crippen LogP contribution in [0.5, 0.6) is 0 Å². The molecule has 0 amide bonds. The number of benzene rings is 6. The van der Waals surface area contributed by atoms with E-state index in [1.165, 1.54) is 99.1 Å². The van der Waals surface area contributed by atoms with Crippen molar-refractivity contribution in [2.45, 2.75) is 93.9 Å². The van der Waals surface area contributed by atoms with Crippen molar-refractivity contribution in [1.29, 1.82) is 0 Å². The first-order chi connectivity index (χ1) is 19.5. The van der Waals surface area contributed by atoms with Crippen LogP contribution in [-0.4, -0.2) is 0 Å². The zero-order valence-corrected chi connectivity index (χ0v) is 27.8. The normalized spacial score (nSPS) is 12.8. The van der Waals surface area contributed by atoms with Gasteiger partial charge in [-0.05, 0) is 165 Å². The summed E-state index contributed by atoms with van der Waals surface area (Å²) in [5.41, 5.74) is 16.4. The predicted octanol–water partition coefficient (Wildman–Crippen LogP) is 12.4. The molecule has 0 nitrogen and oxygen atoms in total. The molecule has 0 unspecified atom stereocenters. The first kappa shape index (κ1) is 28.5. The lowest BCUT2D eigenvalue weighted by atomic mass is 9.77. The van der Waals surface area contributed by atoms with Crippen LogP contribution in [0.3, 0.4) is 0 Å². The van der Waals surface area contributed by atoms with Crippen LogP contribution in [0.15, 0.2) is 60.7 Å². The molecule has 0 N–H and O–H groups in total. The Bertz CT molecular complexity index is 1840. The molecular weight excluding hydrogens is 504 g/mol. The van der Waals surface area contributed by atoms with Crippen LogP contribution >= 0.6 is 0 Å². The van der Waals surface area contributed by atoms with Gasteiger partial charge in [-0.1, -0.05) is 89.1 Å². The van der Waals surface area contributed by atoms with Crippen molar-refractivity contribution < 1.29 is 0 Å². The van der Waals surface area contributed by atoms with Crippen molar-refractivity contribution in [2.75, 3.05) is 0 Å². The molecule has 0 heteroatoms. The number of hydrogen-bond donors (Lipinski definition) is 0. The van der Waals surface area contributed by atoms with E-state index in [1.54, 1.807) is 0 Å². The lowest BCUT2D eigenvalue weighted by Crippen LogP contribution is -2.12. The van der Waals surface area contributed by atoms with E-state index >= 15 is 0 Å². The molecular formula is C42H46. The molecule has 0 radical (unpaired) electrons. The van der Waals surface area contributed by atoms with E-state index in [-0.39, 0.29) is 10.8 Å². The largest absolute Gasteiger partial charge is 0.0561 e. The van der Waals surface area contributed by atoms with Crippen molar-refractivity contribution in [2.24, 2.45) is 0 Å². The van der Waals surface area contributed by atoms with E-state index in [0.717, 1.165) is 0 Å². The average Bonchev–Trinajstić information content (AvgIpc) is 2.85. The fourth-order valence-electron chi connectivity index (χ4n) is 7.50. The Kier molecular flexibility index (Phi) is 6.40. The minimum atomic E-state index is 0.0361. The molecule has 0 heterocycles. The second-order valence-corrected chi connectivity index (χ2v) is 15.1. The molecule has 0 saturated carbocycles. The molecule has 6 rings (SSSR count). The maximum absolute atomic E-state index is 2.51. The summed E-state index contributed by atoms with van der Waals surface area (Å²) in [7, 11) is 0. The third-order valence-corrected chi connectivity index (χ3v) is 9.39. The molecule has 0 aliphatic rings. The van der Waals surface area contributed by atoms with Gasteiger partial charge in [0.15, 0.2) is 0 Å². The summed E-state index contributed by atoms with van der Waals surface area (Å²) >= 11 is 0. The van der Waals surface area contributed by atoms with Gasteiger partial charge in [0.2, 0.25) is 0 Å². The first-order valence-corrected chi connectivity index (χ1v) is 15.5. The Balaban J connectivity index is 1.90. The van der Waals surface area contributed by atoms with Gasteiger partial charge in [-0.2, -0.15) is 0 Å². The van der Waals surface area contributed by atoms with Gasteiger partial charge in [0, 0.05) is 0 Å². The summed E-state index contributed by atoms with van der Waals surface area (Å²) < 4.78 is 0. The minimum Gasteiger partial charge on any atom is -0.0561 e. The zero-order valence-electron chi connectivity index (χ0n) is 27.8. The smallest absolute Gasteiger partial charge is 0.00199 e. The highest BCUT2D eigenvalue weighted by atomic mass is 14.3. The Hall–Kier alpha value is -3.64.